The molecule has 0 aliphatic carbocycles. The summed E-state index contributed by atoms with van der Waals surface area (Å²) in [6, 6.07) is 75.1. The average Bonchev–Trinajstić information content (AvgIpc) is 3.67. The van der Waals surface area contributed by atoms with Gasteiger partial charge >= 0.3 is 0 Å². The molecule has 2 heteroatoms. The molecule has 0 bridgehead atoms. The normalized spacial score (nSPS) is 11.1. The third kappa shape index (κ3) is 5.97. The summed E-state index contributed by atoms with van der Waals surface area (Å²) >= 11 is 0. The van der Waals surface area contributed by atoms with Gasteiger partial charge in [0.15, 0.2) is 0 Å². The Morgan fingerprint density at radius 1 is 0.308 bits per heavy atom. The van der Waals surface area contributed by atoms with Crippen LogP contribution in [0.2, 0.25) is 0 Å². The Hall–Kier alpha value is -6.90. The Morgan fingerprint density at radius 3 is 1.17 bits per heavy atom. The van der Waals surface area contributed by atoms with Crippen LogP contribution < -0.4 is 4.90 Å². The predicted octanol–water partition coefficient (Wildman–Crippen LogP) is 14.2. The first-order valence-corrected chi connectivity index (χ1v) is 17.7. The van der Waals surface area contributed by atoms with E-state index in [1.807, 2.05) is 12.1 Å². The van der Waals surface area contributed by atoms with Crippen LogP contribution in [0.4, 0.5) is 17.1 Å². The number of anilines is 3. The molecule has 0 unspecified atom stereocenters. The zero-order chi connectivity index (χ0) is 34.7. The van der Waals surface area contributed by atoms with E-state index < -0.39 is 0 Å². The highest BCUT2D eigenvalue weighted by atomic mass is 16.3. The molecule has 0 radical (unpaired) electrons. The molecule has 0 aliphatic heterocycles. The van der Waals surface area contributed by atoms with Crippen molar-refractivity contribution in [2.75, 3.05) is 4.90 Å². The van der Waals surface area contributed by atoms with Crippen molar-refractivity contribution in [2.45, 2.75) is 0 Å². The first kappa shape index (κ1) is 31.1. The fourth-order valence-electron chi connectivity index (χ4n) is 7.21. The highest BCUT2D eigenvalue weighted by Gasteiger charge is 2.20. The molecule has 8 aromatic carbocycles. The van der Waals surface area contributed by atoms with E-state index in [1.54, 1.807) is 0 Å². The molecular formula is C50H35NO. The van der Waals surface area contributed by atoms with Crippen molar-refractivity contribution in [3.8, 4) is 55.8 Å². The standard InChI is InChI=1S/C50H35NO/c1-3-15-36(16-4-1)43-20-8-10-22-45(43)38-27-31-41(32-28-38)51(48-25-13-12-24-47(48)50-35-40-19-7-14-26-49(40)52-50)42-33-29-39(30-34-42)46-23-11-9-21-44(46)37-17-5-2-6-18-37/h1-35H. The minimum absolute atomic E-state index is 0.837. The van der Waals surface area contributed by atoms with Crippen LogP contribution in [-0.2, 0) is 0 Å². The largest absolute Gasteiger partial charge is 0.456 e. The summed E-state index contributed by atoms with van der Waals surface area (Å²) in [5, 5.41) is 1.08. The second kappa shape index (κ2) is 13.8. The van der Waals surface area contributed by atoms with Crippen molar-refractivity contribution in [2.24, 2.45) is 0 Å². The molecule has 9 rings (SSSR count). The van der Waals surface area contributed by atoms with Gasteiger partial charge in [-0.1, -0.05) is 164 Å². The van der Waals surface area contributed by atoms with Gasteiger partial charge < -0.3 is 9.32 Å². The number of rotatable bonds is 8. The van der Waals surface area contributed by atoms with E-state index in [1.165, 1.54) is 44.5 Å². The van der Waals surface area contributed by atoms with Crippen LogP contribution in [0.25, 0.3) is 66.8 Å². The summed E-state index contributed by atoms with van der Waals surface area (Å²) in [6.07, 6.45) is 0. The van der Waals surface area contributed by atoms with Crippen molar-refractivity contribution in [3.05, 3.63) is 212 Å². The predicted molar refractivity (Wildman–Crippen MR) is 218 cm³/mol. The highest BCUT2D eigenvalue weighted by Crippen LogP contribution is 2.44. The van der Waals surface area contributed by atoms with E-state index in [0.717, 1.165) is 39.4 Å². The second-order valence-corrected chi connectivity index (χ2v) is 12.9. The Morgan fingerprint density at radius 2 is 0.692 bits per heavy atom. The lowest BCUT2D eigenvalue weighted by Gasteiger charge is -2.28. The van der Waals surface area contributed by atoms with Crippen molar-refractivity contribution < 1.29 is 4.42 Å². The van der Waals surface area contributed by atoms with Crippen molar-refractivity contribution in [1.82, 2.24) is 0 Å². The van der Waals surface area contributed by atoms with Crippen LogP contribution in [0.15, 0.2) is 217 Å². The lowest BCUT2D eigenvalue weighted by Crippen LogP contribution is -2.11. The monoisotopic (exact) mass is 665 g/mol. The first-order valence-electron chi connectivity index (χ1n) is 17.7. The molecular weight excluding hydrogens is 631 g/mol. The van der Waals surface area contributed by atoms with Crippen LogP contribution in [-0.4, -0.2) is 0 Å². The molecule has 0 saturated carbocycles. The summed E-state index contributed by atoms with van der Waals surface area (Å²) in [4.78, 5) is 2.34. The molecule has 2 nitrogen and oxygen atoms in total. The molecule has 0 amide bonds. The van der Waals surface area contributed by atoms with Crippen molar-refractivity contribution in [1.29, 1.82) is 0 Å². The third-order valence-electron chi connectivity index (χ3n) is 9.73. The summed E-state index contributed by atoms with van der Waals surface area (Å²) in [5.41, 5.74) is 14.6. The fourth-order valence-corrected chi connectivity index (χ4v) is 7.21. The van der Waals surface area contributed by atoms with Gasteiger partial charge in [0.05, 0.1) is 5.69 Å². The molecule has 0 atom stereocenters. The van der Waals surface area contributed by atoms with Gasteiger partial charge in [0.2, 0.25) is 0 Å². The molecule has 0 saturated heterocycles. The van der Waals surface area contributed by atoms with E-state index in [-0.39, 0.29) is 0 Å². The molecule has 0 spiro atoms. The van der Waals surface area contributed by atoms with Crippen molar-refractivity contribution in [3.63, 3.8) is 0 Å². The number of hydrogen-bond acceptors (Lipinski definition) is 2. The number of benzene rings is 8. The fraction of sp³-hybridized carbons (Fsp3) is 0. The van der Waals surface area contributed by atoms with Gasteiger partial charge in [-0.3, -0.25) is 0 Å². The number of fused-ring (bicyclic) bond motifs is 1. The molecule has 0 aliphatic rings. The van der Waals surface area contributed by atoms with Gasteiger partial charge in [-0.2, -0.15) is 0 Å². The second-order valence-electron chi connectivity index (χ2n) is 12.9. The number of furan rings is 1. The van der Waals surface area contributed by atoms with Gasteiger partial charge in [0.1, 0.15) is 11.3 Å². The zero-order valence-electron chi connectivity index (χ0n) is 28.6. The number of para-hydroxylation sites is 2. The Balaban J connectivity index is 1.16. The maximum Gasteiger partial charge on any atom is 0.137 e. The molecule has 52 heavy (non-hydrogen) atoms. The molecule has 1 heterocycles. The average molecular weight is 666 g/mol. The Kier molecular flexibility index (Phi) is 8.24. The van der Waals surface area contributed by atoms with Crippen molar-refractivity contribution >= 4 is 28.0 Å². The first-order chi connectivity index (χ1) is 25.8. The van der Waals surface area contributed by atoms with E-state index >= 15 is 0 Å². The Bertz CT molecular complexity index is 2440. The summed E-state index contributed by atoms with van der Waals surface area (Å²) in [5.74, 6) is 0.837. The summed E-state index contributed by atoms with van der Waals surface area (Å²) in [6.45, 7) is 0. The number of hydrogen-bond donors (Lipinski definition) is 0. The van der Waals surface area contributed by atoms with Gasteiger partial charge in [-0.25, -0.2) is 0 Å². The molecule has 0 fully saturated rings. The lowest BCUT2D eigenvalue weighted by atomic mass is 9.94. The zero-order valence-corrected chi connectivity index (χ0v) is 28.6. The topological polar surface area (TPSA) is 16.4 Å². The molecule has 9 aromatic rings. The Labute approximate surface area is 304 Å². The highest BCUT2D eigenvalue weighted by molar-refractivity contribution is 5.92. The summed E-state index contributed by atoms with van der Waals surface area (Å²) < 4.78 is 6.45. The van der Waals surface area contributed by atoms with E-state index in [4.69, 9.17) is 4.42 Å². The van der Waals surface area contributed by atoms with Crippen LogP contribution in [0.1, 0.15) is 0 Å². The van der Waals surface area contributed by atoms with E-state index in [2.05, 4.69) is 205 Å². The molecule has 0 N–H and O–H groups in total. The lowest BCUT2D eigenvalue weighted by molar-refractivity contribution is 0.631. The summed E-state index contributed by atoms with van der Waals surface area (Å²) in [7, 11) is 0. The van der Waals surface area contributed by atoms with Gasteiger partial charge in [-0.15, -0.1) is 0 Å². The van der Waals surface area contributed by atoms with E-state index in [0.29, 0.717) is 0 Å². The quantitative estimate of drug-likeness (QED) is 0.161. The van der Waals surface area contributed by atoms with Gasteiger partial charge in [-0.05, 0) is 93.0 Å². The van der Waals surface area contributed by atoms with Crippen LogP contribution in [0.5, 0.6) is 0 Å². The number of nitrogens with zero attached hydrogens (tertiary/aromatic N) is 1. The van der Waals surface area contributed by atoms with Crippen LogP contribution in [0, 0.1) is 0 Å². The van der Waals surface area contributed by atoms with Crippen LogP contribution >= 0.6 is 0 Å². The smallest absolute Gasteiger partial charge is 0.137 e. The third-order valence-corrected chi connectivity index (χ3v) is 9.73. The van der Waals surface area contributed by atoms with E-state index in [9.17, 15) is 0 Å². The van der Waals surface area contributed by atoms with Gasteiger partial charge in [0, 0.05) is 22.3 Å². The minimum Gasteiger partial charge on any atom is -0.456 e. The molecule has 246 valence electrons. The molecule has 1 aromatic heterocycles. The SMILES string of the molecule is c1ccc(-c2ccccc2-c2ccc(N(c3ccc(-c4ccccc4-c4ccccc4)cc3)c3ccccc3-c3cc4ccccc4o3)cc2)cc1. The maximum absolute atomic E-state index is 6.45. The van der Waals surface area contributed by atoms with Gasteiger partial charge in [0.25, 0.3) is 0 Å². The maximum atomic E-state index is 6.45. The minimum atomic E-state index is 0.837. The van der Waals surface area contributed by atoms with Crippen LogP contribution in [0.3, 0.4) is 0 Å².